The van der Waals surface area contributed by atoms with Crippen LogP contribution in [0.1, 0.15) is 18.5 Å². The lowest BCUT2D eigenvalue weighted by molar-refractivity contribution is 0.505. The van der Waals surface area contributed by atoms with E-state index in [0.717, 1.165) is 27.9 Å². The normalized spacial score (nSPS) is 19.4. The lowest BCUT2D eigenvalue weighted by Crippen LogP contribution is -2.40. The molecule has 166 valence electrons. The summed E-state index contributed by atoms with van der Waals surface area (Å²) in [5.41, 5.74) is 3.56. The van der Waals surface area contributed by atoms with Crippen molar-refractivity contribution in [2.45, 2.75) is 30.3 Å². The van der Waals surface area contributed by atoms with Crippen molar-refractivity contribution in [3.05, 3.63) is 60.7 Å². The summed E-state index contributed by atoms with van der Waals surface area (Å²) < 4.78 is 41.6. The predicted molar refractivity (Wildman–Crippen MR) is 122 cm³/mol. The summed E-state index contributed by atoms with van der Waals surface area (Å²) in [4.78, 5) is 7.94. The topological polar surface area (TPSA) is 129 Å². The maximum absolute atomic E-state index is 12.8. The van der Waals surface area contributed by atoms with Crippen LogP contribution < -0.4 is 4.72 Å². The van der Waals surface area contributed by atoms with Crippen LogP contribution in [0, 0.1) is 0 Å². The molecule has 1 aromatic carbocycles. The van der Waals surface area contributed by atoms with Crippen molar-refractivity contribution in [2.24, 2.45) is 0 Å². The molecule has 2 N–H and O–H groups in total. The summed E-state index contributed by atoms with van der Waals surface area (Å²) in [7, 11) is -3.63. The summed E-state index contributed by atoms with van der Waals surface area (Å²) >= 11 is -0.828. The van der Waals surface area contributed by atoms with E-state index in [1.807, 2.05) is 24.3 Å². The lowest BCUT2D eigenvalue weighted by Gasteiger charge is -2.24. The van der Waals surface area contributed by atoms with Gasteiger partial charge in [-0.2, -0.15) is 0 Å². The van der Waals surface area contributed by atoms with Gasteiger partial charge in [0, 0.05) is 42.4 Å². The highest BCUT2D eigenvalue weighted by Gasteiger charge is 2.26. The van der Waals surface area contributed by atoms with E-state index in [2.05, 4.69) is 25.0 Å². The van der Waals surface area contributed by atoms with Gasteiger partial charge in [0.25, 0.3) is 0 Å². The second kappa shape index (κ2) is 8.66. The van der Waals surface area contributed by atoms with E-state index in [-0.39, 0.29) is 10.9 Å². The third-order valence-corrected chi connectivity index (χ3v) is 8.50. The van der Waals surface area contributed by atoms with Gasteiger partial charge >= 0.3 is 0 Å². The highest BCUT2D eigenvalue weighted by atomic mass is 32.2. The fourth-order valence-electron chi connectivity index (χ4n) is 3.92. The Bertz CT molecular complexity index is 1310. The highest BCUT2D eigenvalue weighted by molar-refractivity contribution is 7.91. The van der Waals surface area contributed by atoms with Gasteiger partial charge in [0.1, 0.15) is 17.2 Å². The van der Waals surface area contributed by atoms with Gasteiger partial charge in [-0.15, -0.1) is 5.10 Å². The molecule has 5 rings (SSSR count). The van der Waals surface area contributed by atoms with Crippen LogP contribution in [0.2, 0.25) is 0 Å². The number of fused-ring (bicyclic) bond motifs is 1. The zero-order valence-electron chi connectivity index (χ0n) is 17.1. The fourth-order valence-corrected chi connectivity index (χ4v) is 6.53. The average molecular weight is 471 g/mol. The van der Waals surface area contributed by atoms with Crippen LogP contribution in [-0.4, -0.2) is 55.5 Å². The number of benzene rings is 1. The van der Waals surface area contributed by atoms with Crippen LogP contribution in [0.15, 0.2) is 59.9 Å². The van der Waals surface area contributed by atoms with Gasteiger partial charge in [0.2, 0.25) is 10.0 Å². The van der Waals surface area contributed by atoms with Crippen molar-refractivity contribution in [2.75, 3.05) is 11.5 Å². The zero-order chi connectivity index (χ0) is 22.1. The number of hydrogen-bond acceptors (Lipinski definition) is 6. The van der Waals surface area contributed by atoms with Crippen molar-refractivity contribution < 1.29 is 13.0 Å². The second-order valence-corrected chi connectivity index (χ2v) is 11.2. The van der Waals surface area contributed by atoms with Crippen molar-refractivity contribution >= 4 is 32.2 Å². The Morgan fingerprint density at radius 3 is 2.66 bits per heavy atom. The maximum atomic E-state index is 12.8. The molecule has 1 aliphatic rings. The molecule has 0 saturated carbocycles. The van der Waals surface area contributed by atoms with Crippen LogP contribution in [0.3, 0.4) is 0 Å². The summed E-state index contributed by atoms with van der Waals surface area (Å²) in [5, 5.41) is 8.76. The van der Waals surface area contributed by atoms with E-state index in [1.54, 1.807) is 35.4 Å². The van der Waals surface area contributed by atoms with E-state index in [0.29, 0.717) is 30.9 Å². The molecule has 0 amide bonds. The third-order valence-electron chi connectivity index (χ3n) is 5.58. The molecule has 32 heavy (non-hydrogen) atoms. The Labute approximate surface area is 188 Å². The number of H-pyrrole nitrogens is 1. The Morgan fingerprint density at radius 2 is 1.94 bits per heavy atom. The van der Waals surface area contributed by atoms with Gasteiger partial charge < -0.3 is 9.54 Å². The number of hydrogen-bond donors (Lipinski definition) is 2. The standard InChI is InChI=1S/C21H22N6O3S2/c28-31-11-6-16(7-12-31)25-32(29,30)18-3-1-15(2-4-18)19-5-8-22-21-20(19)13-17(24-21)14-27-10-9-23-26-27/h1-5,8-10,13,16,25H,6-7,11-12,14H2,(H,22,24). The molecule has 11 heteroatoms. The smallest absolute Gasteiger partial charge is 0.240 e. The Hall–Kier alpha value is -2.73. The van der Waals surface area contributed by atoms with Gasteiger partial charge in [0.05, 0.1) is 17.6 Å². The molecule has 1 saturated heterocycles. The molecule has 9 nitrogen and oxygen atoms in total. The number of aromatic nitrogens is 5. The number of pyridine rings is 1. The van der Waals surface area contributed by atoms with E-state index in [9.17, 15) is 13.0 Å². The Kier molecular flexibility index (Phi) is 5.72. The molecule has 0 aliphatic carbocycles. The lowest BCUT2D eigenvalue weighted by atomic mass is 10.0. The SMILES string of the molecule is O=S(=O)(NC1CC[S+]([O-])CC1)c1ccc(-c2ccnc3[nH]c(Cn4ccnn4)cc23)cc1. The number of nitrogens with zero attached hydrogens (tertiary/aromatic N) is 4. The molecular formula is C21H22N6O3S2. The third kappa shape index (κ3) is 4.42. The van der Waals surface area contributed by atoms with E-state index in [1.165, 1.54) is 0 Å². The first-order valence-corrected chi connectivity index (χ1v) is 13.2. The predicted octanol–water partition coefficient (Wildman–Crippen LogP) is 2.06. The molecule has 0 radical (unpaired) electrons. The van der Waals surface area contributed by atoms with E-state index >= 15 is 0 Å². The van der Waals surface area contributed by atoms with E-state index < -0.39 is 21.2 Å². The molecule has 1 aliphatic heterocycles. The molecule has 0 spiro atoms. The summed E-state index contributed by atoms with van der Waals surface area (Å²) in [5.74, 6) is 1.08. The van der Waals surface area contributed by atoms with Gasteiger partial charge in [-0.05, 0) is 35.4 Å². The zero-order valence-corrected chi connectivity index (χ0v) is 18.8. The number of sulfonamides is 1. The first-order chi connectivity index (χ1) is 15.5. The van der Waals surface area contributed by atoms with Gasteiger partial charge in [0.15, 0.2) is 0 Å². The molecule has 0 unspecified atom stereocenters. The van der Waals surface area contributed by atoms with Crippen molar-refractivity contribution in [1.82, 2.24) is 29.7 Å². The minimum Gasteiger partial charge on any atom is -0.616 e. The Morgan fingerprint density at radius 1 is 1.16 bits per heavy atom. The number of aromatic amines is 1. The van der Waals surface area contributed by atoms with Crippen LogP contribution in [0.5, 0.6) is 0 Å². The van der Waals surface area contributed by atoms with Crippen LogP contribution in [0.25, 0.3) is 22.2 Å². The van der Waals surface area contributed by atoms with Crippen molar-refractivity contribution in [1.29, 1.82) is 0 Å². The molecule has 1 fully saturated rings. The molecule has 4 heterocycles. The van der Waals surface area contributed by atoms with Gasteiger partial charge in [-0.1, -0.05) is 28.5 Å². The van der Waals surface area contributed by atoms with Crippen LogP contribution in [0.4, 0.5) is 0 Å². The molecular weight excluding hydrogens is 448 g/mol. The van der Waals surface area contributed by atoms with Gasteiger partial charge in [-0.25, -0.2) is 22.8 Å². The van der Waals surface area contributed by atoms with E-state index in [4.69, 9.17) is 0 Å². The molecule has 3 aromatic heterocycles. The highest BCUT2D eigenvalue weighted by Crippen LogP contribution is 2.29. The largest absolute Gasteiger partial charge is 0.616 e. The number of rotatable bonds is 6. The number of nitrogens with one attached hydrogen (secondary N) is 2. The monoisotopic (exact) mass is 470 g/mol. The van der Waals surface area contributed by atoms with Crippen LogP contribution in [-0.2, 0) is 27.7 Å². The van der Waals surface area contributed by atoms with Crippen molar-refractivity contribution in [3.8, 4) is 11.1 Å². The quantitative estimate of drug-likeness (QED) is 0.415. The summed E-state index contributed by atoms with van der Waals surface area (Å²) in [6.45, 7) is 0.549. The van der Waals surface area contributed by atoms with Crippen LogP contribution >= 0.6 is 0 Å². The first kappa shape index (κ1) is 21.1. The molecule has 0 atom stereocenters. The minimum absolute atomic E-state index is 0.166. The minimum atomic E-state index is -3.63. The fraction of sp³-hybridized carbons (Fsp3) is 0.286. The molecule has 4 aromatic rings. The second-order valence-electron chi connectivity index (χ2n) is 7.78. The summed E-state index contributed by atoms with van der Waals surface area (Å²) in [6, 6.07) is 10.6. The Balaban J connectivity index is 1.38. The van der Waals surface area contributed by atoms with Gasteiger partial charge in [-0.3, -0.25) is 0 Å². The summed E-state index contributed by atoms with van der Waals surface area (Å²) in [6.07, 6.45) is 6.35. The van der Waals surface area contributed by atoms with Crippen molar-refractivity contribution in [3.63, 3.8) is 0 Å². The molecule has 0 bridgehead atoms. The first-order valence-electron chi connectivity index (χ1n) is 10.3. The average Bonchev–Trinajstić information content (AvgIpc) is 3.45. The maximum Gasteiger partial charge on any atom is 0.240 e.